The maximum absolute atomic E-state index is 13.3. The number of carboxylic acids is 1. The number of rotatable bonds is 15. The fraction of sp³-hybridized carbons (Fsp3) is 0.511. The van der Waals surface area contributed by atoms with Crippen molar-refractivity contribution in [2.24, 2.45) is 0 Å². The minimum absolute atomic E-state index is 0.0281. The van der Waals surface area contributed by atoms with Gasteiger partial charge in [-0.2, -0.15) is 0 Å². The predicted octanol–water partition coefficient (Wildman–Crippen LogP) is 7.23. The van der Waals surface area contributed by atoms with Crippen molar-refractivity contribution < 1.29 is 29.1 Å². The molecule has 4 aliphatic rings. The quantitative estimate of drug-likeness (QED) is 0.0990. The van der Waals surface area contributed by atoms with Gasteiger partial charge in [0.2, 0.25) is 5.36 Å². The van der Waals surface area contributed by atoms with E-state index in [1.165, 1.54) is 84.3 Å². The number of aromatic carboxylic acids is 1. The number of aryl methyl sites for hydroxylation is 2. The Bertz CT molecular complexity index is 2170. The van der Waals surface area contributed by atoms with E-state index in [1.54, 1.807) is 12.1 Å². The van der Waals surface area contributed by atoms with Crippen molar-refractivity contribution in [1.82, 2.24) is 9.64 Å². The van der Waals surface area contributed by atoms with Gasteiger partial charge in [0.15, 0.2) is 0 Å². The van der Waals surface area contributed by atoms with Gasteiger partial charge in [0.05, 0.1) is 11.1 Å². The van der Waals surface area contributed by atoms with Crippen LogP contribution in [0.5, 0.6) is 0 Å². The van der Waals surface area contributed by atoms with E-state index in [1.807, 2.05) is 0 Å². The van der Waals surface area contributed by atoms with Crippen LogP contribution < -0.4 is 20.1 Å². The number of hydroxylamine groups is 2. The van der Waals surface area contributed by atoms with Gasteiger partial charge in [0, 0.05) is 61.5 Å². The highest BCUT2D eigenvalue weighted by Crippen LogP contribution is 2.45. The molecular formula is C47H58N3O6+. The number of fused-ring (bicyclic) bond motifs is 4. The van der Waals surface area contributed by atoms with Crippen LogP contribution in [0.25, 0.3) is 5.57 Å². The molecule has 2 amide bonds. The molecule has 9 nitrogen and oxygen atoms in total. The van der Waals surface area contributed by atoms with Crippen molar-refractivity contribution in [1.29, 1.82) is 0 Å². The zero-order chi connectivity index (χ0) is 39.6. The SMILES string of the molecule is CCCCCCC[N+]1=c2cc3c(cc2CCC1)=C(c1ccc(C(=O)ON2C(=O)CCC2=O)cc1C(=O)O)c1cc2c(cc1C3(C)C)N(CCCCCC)CCC2. The molecule has 0 spiro atoms. The zero-order valence-corrected chi connectivity index (χ0v) is 33.8. The van der Waals surface area contributed by atoms with Gasteiger partial charge in [-0.3, -0.25) is 9.59 Å². The average Bonchev–Trinajstić information content (AvgIpc) is 3.50. The Labute approximate surface area is 331 Å². The maximum atomic E-state index is 13.3. The molecule has 3 aromatic carbocycles. The van der Waals surface area contributed by atoms with Crippen LogP contribution >= 0.6 is 0 Å². The van der Waals surface area contributed by atoms with Crippen molar-refractivity contribution >= 4 is 35.0 Å². The molecule has 1 aliphatic carbocycles. The summed E-state index contributed by atoms with van der Waals surface area (Å²) in [6.45, 7) is 13.2. The molecule has 9 heteroatoms. The third kappa shape index (κ3) is 7.66. The molecule has 3 aromatic rings. The van der Waals surface area contributed by atoms with Crippen LogP contribution in [0.2, 0.25) is 0 Å². The van der Waals surface area contributed by atoms with Crippen LogP contribution in [0.3, 0.4) is 0 Å². The lowest BCUT2D eigenvalue weighted by atomic mass is 9.67. The maximum Gasteiger partial charge on any atom is 0.363 e. The van der Waals surface area contributed by atoms with E-state index in [0.717, 1.165) is 81.1 Å². The van der Waals surface area contributed by atoms with Crippen LogP contribution in [-0.4, -0.2) is 60.1 Å². The Morgan fingerprint density at radius 3 is 2.23 bits per heavy atom. The third-order valence-electron chi connectivity index (χ3n) is 12.5. The number of hydrogen-bond acceptors (Lipinski definition) is 6. The van der Waals surface area contributed by atoms with E-state index in [9.17, 15) is 24.3 Å². The molecule has 3 aliphatic heterocycles. The van der Waals surface area contributed by atoms with Crippen LogP contribution in [0.4, 0.5) is 5.69 Å². The standard InChI is InChI=1S/C47H57N3O6/c1-5-7-9-11-13-23-49-25-15-17-32-27-37-39(30-41(32)49)47(3,4)38-29-40-31(16-14-24-48(40)22-12-10-8-6-2)26-36(38)44(37)34-19-18-33(28-35(34)45(53)54)46(55)56-50-42(51)20-21-43(50)52/h18-19,26-30H,5-17,20-25H2,1-4H3/p+1. The molecule has 0 unspecified atom stereocenters. The number of carboxylic acid groups (broad SMARTS) is 1. The third-order valence-corrected chi connectivity index (χ3v) is 12.5. The molecule has 0 aromatic heterocycles. The number of benzene rings is 3. The molecule has 0 radical (unpaired) electrons. The smallest absolute Gasteiger partial charge is 0.363 e. The highest BCUT2D eigenvalue weighted by Gasteiger charge is 2.38. The molecule has 56 heavy (non-hydrogen) atoms. The number of anilines is 1. The Morgan fingerprint density at radius 1 is 0.786 bits per heavy atom. The molecule has 1 saturated heterocycles. The summed E-state index contributed by atoms with van der Waals surface area (Å²) in [5.74, 6) is -3.30. The lowest BCUT2D eigenvalue weighted by molar-refractivity contribution is -0.172. The van der Waals surface area contributed by atoms with E-state index >= 15 is 0 Å². The molecule has 7 rings (SSSR count). The number of hydrogen-bond donors (Lipinski definition) is 1. The lowest BCUT2D eigenvalue weighted by Gasteiger charge is -2.39. The van der Waals surface area contributed by atoms with Crippen molar-refractivity contribution in [2.75, 3.05) is 31.1 Å². The van der Waals surface area contributed by atoms with E-state index in [-0.39, 0.29) is 29.4 Å². The van der Waals surface area contributed by atoms with Gasteiger partial charge < -0.3 is 14.8 Å². The summed E-state index contributed by atoms with van der Waals surface area (Å²) < 4.78 is 2.57. The summed E-state index contributed by atoms with van der Waals surface area (Å²) in [4.78, 5) is 58.7. The predicted molar refractivity (Wildman–Crippen MR) is 219 cm³/mol. The topological polar surface area (TPSA) is 107 Å². The summed E-state index contributed by atoms with van der Waals surface area (Å²) in [6, 6.07) is 14.0. The zero-order valence-electron chi connectivity index (χ0n) is 33.8. The minimum Gasteiger partial charge on any atom is -0.478 e. The molecule has 1 fully saturated rings. The van der Waals surface area contributed by atoms with Gasteiger partial charge in [-0.05, 0) is 101 Å². The van der Waals surface area contributed by atoms with E-state index in [0.29, 0.717) is 10.6 Å². The first-order valence-corrected chi connectivity index (χ1v) is 21.2. The van der Waals surface area contributed by atoms with Gasteiger partial charge >= 0.3 is 11.9 Å². The largest absolute Gasteiger partial charge is 0.478 e. The Balaban J connectivity index is 1.41. The Kier molecular flexibility index (Phi) is 11.8. The first-order valence-electron chi connectivity index (χ1n) is 21.2. The van der Waals surface area contributed by atoms with Gasteiger partial charge in [-0.15, -0.1) is 5.06 Å². The van der Waals surface area contributed by atoms with Crippen molar-refractivity contribution in [2.45, 2.75) is 129 Å². The second-order valence-corrected chi connectivity index (χ2v) is 16.7. The van der Waals surface area contributed by atoms with E-state index in [4.69, 9.17) is 4.84 Å². The Hall–Kier alpha value is -4.79. The summed E-state index contributed by atoms with van der Waals surface area (Å²) in [7, 11) is 0. The highest BCUT2D eigenvalue weighted by atomic mass is 16.7. The van der Waals surface area contributed by atoms with E-state index in [2.05, 4.69) is 61.4 Å². The van der Waals surface area contributed by atoms with Gasteiger partial charge in [0.25, 0.3) is 11.8 Å². The molecule has 1 N–H and O–H groups in total. The van der Waals surface area contributed by atoms with Crippen molar-refractivity contribution in [3.8, 4) is 0 Å². The second kappa shape index (κ2) is 16.7. The second-order valence-electron chi connectivity index (χ2n) is 16.7. The Morgan fingerprint density at radius 2 is 1.50 bits per heavy atom. The summed E-state index contributed by atoms with van der Waals surface area (Å²) in [5.41, 5.74) is 8.16. The molecule has 3 heterocycles. The fourth-order valence-electron chi connectivity index (χ4n) is 9.41. The summed E-state index contributed by atoms with van der Waals surface area (Å²) in [5, 5.41) is 13.6. The van der Waals surface area contributed by atoms with Gasteiger partial charge in [-0.25, -0.2) is 14.2 Å². The molecule has 0 saturated carbocycles. The molecular weight excluding hydrogens is 703 g/mol. The number of amides is 2. The van der Waals surface area contributed by atoms with Crippen LogP contribution in [0.15, 0.2) is 42.5 Å². The fourth-order valence-corrected chi connectivity index (χ4v) is 9.41. The lowest BCUT2D eigenvalue weighted by Crippen LogP contribution is -2.43. The van der Waals surface area contributed by atoms with Crippen LogP contribution in [-0.2, 0) is 32.7 Å². The minimum atomic E-state index is -1.17. The monoisotopic (exact) mass is 760 g/mol. The molecule has 296 valence electrons. The number of carbonyl (C=O) groups is 4. The van der Waals surface area contributed by atoms with E-state index < -0.39 is 23.8 Å². The number of nitrogens with zero attached hydrogens (tertiary/aromatic N) is 3. The molecule has 0 bridgehead atoms. The van der Waals surface area contributed by atoms with Crippen molar-refractivity contribution in [3.63, 3.8) is 0 Å². The van der Waals surface area contributed by atoms with Crippen molar-refractivity contribution in [3.05, 3.63) is 97.5 Å². The number of imide groups is 1. The van der Waals surface area contributed by atoms with Crippen LogP contribution in [0, 0.1) is 0 Å². The van der Waals surface area contributed by atoms with Crippen LogP contribution in [0.1, 0.15) is 165 Å². The van der Waals surface area contributed by atoms with Gasteiger partial charge in [-0.1, -0.05) is 72.3 Å². The first kappa shape index (κ1) is 39.4. The summed E-state index contributed by atoms with van der Waals surface area (Å²) in [6.07, 6.45) is 15.0. The number of unbranched alkanes of at least 4 members (excludes halogenated alkanes) is 7. The first-order chi connectivity index (χ1) is 27.0. The summed E-state index contributed by atoms with van der Waals surface area (Å²) >= 11 is 0. The normalized spacial score (nSPS) is 17.1. The highest BCUT2D eigenvalue weighted by molar-refractivity contribution is 6.04. The average molecular weight is 761 g/mol. The number of carbonyl (C=O) groups excluding carboxylic acids is 3. The molecule has 0 atom stereocenters. The van der Waals surface area contributed by atoms with Gasteiger partial charge in [0.1, 0.15) is 13.1 Å².